The van der Waals surface area contributed by atoms with Crippen molar-refractivity contribution in [3.05, 3.63) is 0 Å². The van der Waals surface area contributed by atoms with Gasteiger partial charge in [-0.2, -0.15) is 0 Å². The Morgan fingerprint density at radius 3 is 0.892 bits per heavy atom. The minimum absolute atomic E-state index is 1.21. The van der Waals surface area contributed by atoms with Crippen molar-refractivity contribution in [2.45, 2.75) is 193 Å². The van der Waals surface area contributed by atoms with Crippen LogP contribution in [-0.4, -0.2) is 49.1 Å². The Morgan fingerprint density at radius 1 is 0.297 bits per heavy atom. The van der Waals surface area contributed by atoms with Crippen LogP contribution in [-0.2, 0) is 0 Å². The zero-order chi connectivity index (χ0) is 30.0. The monoisotopic (exact) mass is 533 g/mol. The van der Waals surface area contributed by atoms with Gasteiger partial charge >= 0.3 is 0 Å². The van der Waals surface area contributed by atoms with E-state index in [1.54, 1.807) is 0 Å². The summed E-state index contributed by atoms with van der Waals surface area (Å²) in [6, 6.07) is 0. The molecule has 0 saturated heterocycles. The first kappa shape index (κ1) is 49.8. The van der Waals surface area contributed by atoms with E-state index in [2.05, 4.69) is 79.0 Å². The predicted molar refractivity (Wildman–Crippen MR) is 182 cm³/mol. The Balaban J connectivity index is -0.000000155. The first-order valence-corrected chi connectivity index (χ1v) is 17.5. The van der Waals surface area contributed by atoms with Gasteiger partial charge in [-0.1, -0.05) is 174 Å². The molecule has 2 nitrogen and oxygen atoms in total. The Morgan fingerprint density at radius 2 is 0.595 bits per heavy atom. The summed E-state index contributed by atoms with van der Waals surface area (Å²) >= 11 is 0. The van der Waals surface area contributed by atoms with E-state index in [9.17, 15) is 0 Å². The van der Waals surface area contributed by atoms with Crippen LogP contribution in [0.2, 0.25) is 0 Å². The van der Waals surface area contributed by atoms with Crippen LogP contribution < -0.4 is 0 Å². The fourth-order valence-electron chi connectivity index (χ4n) is 3.50. The van der Waals surface area contributed by atoms with Crippen molar-refractivity contribution in [1.82, 2.24) is 9.80 Å². The molecular formula is C35H84N2. The minimum Gasteiger partial charge on any atom is -0.302 e. The second-order valence-corrected chi connectivity index (χ2v) is 9.58. The van der Waals surface area contributed by atoms with Crippen LogP contribution in [0.1, 0.15) is 193 Å². The number of hydrogen-bond donors (Lipinski definition) is 0. The van der Waals surface area contributed by atoms with Gasteiger partial charge in [0.2, 0.25) is 0 Å². The lowest BCUT2D eigenvalue weighted by molar-refractivity contribution is 0.206. The molecule has 0 fully saturated rings. The molecule has 0 heterocycles. The van der Waals surface area contributed by atoms with Gasteiger partial charge in [0, 0.05) is 13.1 Å². The summed E-state index contributed by atoms with van der Waals surface area (Å²) in [4.78, 5) is 5.30. The van der Waals surface area contributed by atoms with E-state index in [0.717, 1.165) is 0 Å². The lowest BCUT2D eigenvalue weighted by Crippen LogP contribution is -2.36. The summed E-state index contributed by atoms with van der Waals surface area (Å²) < 4.78 is 0. The van der Waals surface area contributed by atoms with E-state index < -0.39 is 0 Å². The predicted octanol–water partition coefficient (Wildman–Crippen LogP) is 12.7. The van der Waals surface area contributed by atoms with E-state index in [0.29, 0.717) is 0 Å². The van der Waals surface area contributed by atoms with Gasteiger partial charge in [-0.25, -0.2) is 0 Å². The highest BCUT2D eigenvalue weighted by atomic mass is 15.2. The first-order valence-electron chi connectivity index (χ1n) is 17.5. The van der Waals surface area contributed by atoms with Crippen LogP contribution in [0.25, 0.3) is 0 Å². The van der Waals surface area contributed by atoms with Crippen LogP contribution in [0.5, 0.6) is 0 Å². The normalized spacial score (nSPS) is 9.41. The SMILES string of the molecule is CC.CC.CCC.CCC.CCC.CCCCCCCCCCCCN(CC)CCN(CCC)CCC. The maximum absolute atomic E-state index is 2.66. The maximum Gasteiger partial charge on any atom is 0.0109 e. The van der Waals surface area contributed by atoms with Crippen molar-refractivity contribution >= 4 is 0 Å². The molecule has 0 aliphatic heterocycles. The number of nitrogens with zero attached hydrogens (tertiary/aromatic N) is 2. The number of unbranched alkanes of at least 4 members (excludes halogenated alkanes) is 9. The molecule has 0 N–H and O–H groups in total. The van der Waals surface area contributed by atoms with E-state index in [1.165, 1.54) is 136 Å². The van der Waals surface area contributed by atoms with Crippen molar-refractivity contribution < 1.29 is 0 Å². The third-order valence-electron chi connectivity index (χ3n) is 5.09. The van der Waals surface area contributed by atoms with Crippen molar-refractivity contribution in [3.8, 4) is 0 Å². The lowest BCUT2D eigenvalue weighted by atomic mass is 10.1. The molecule has 0 atom stereocenters. The van der Waals surface area contributed by atoms with E-state index in [-0.39, 0.29) is 0 Å². The van der Waals surface area contributed by atoms with E-state index >= 15 is 0 Å². The number of hydrogen-bond acceptors (Lipinski definition) is 2. The lowest BCUT2D eigenvalue weighted by Gasteiger charge is -2.26. The van der Waals surface area contributed by atoms with Crippen molar-refractivity contribution in [1.29, 1.82) is 0 Å². The molecule has 0 radical (unpaired) electrons. The molecule has 0 rings (SSSR count). The van der Waals surface area contributed by atoms with Gasteiger partial charge in [0.1, 0.15) is 0 Å². The third kappa shape index (κ3) is 66.6. The second-order valence-electron chi connectivity index (χ2n) is 9.58. The van der Waals surface area contributed by atoms with Crippen molar-refractivity contribution in [2.75, 3.05) is 39.3 Å². The average Bonchev–Trinajstić information content (AvgIpc) is 2.91. The summed E-state index contributed by atoms with van der Waals surface area (Å²) in [6.45, 7) is 37.5. The minimum atomic E-state index is 1.21. The fraction of sp³-hybridized carbons (Fsp3) is 1.00. The number of likely N-dealkylation sites (N-methyl/N-ethyl adjacent to an activating group) is 1. The van der Waals surface area contributed by atoms with Gasteiger partial charge in [0.15, 0.2) is 0 Å². The second kappa shape index (κ2) is 60.4. The Labute approximate surface area is 242 Å². The van der Waals surface area contributed by atoms with E-state index in [1.807, 2.05) is 27.7 Å². The summed E-state index contributed by atoms with van der Waals surface area (Å²) in [7, 11) is 0. The quantitative estimate of drug-likeness (QED) is 0.153. The van der Waals surface area contributed by atoms with Crippen LogP contribution in [0.15, 0.2) is 0 Å². The molecule has 2 heteroatoms. The molecule has 0 aliphatic rings. The van der Waals surface area contributed by atoms with Crippen molar-refractivity contribution in [2.24, 2.45) is 0 Å². The molecule has 0 bridgehead atoms. The maximum atomic E-state index is 2.66. The molecule has 0 aromatic heterocycles. The molecule has 0 aliphatic carbocycles. The van der Waals surface area contributed by atoms with Gasteiger partial charge in [-0.3, -0.25) is 0 Å². The highest BCUT2D eigenvalue weighted by Crippen LogP contribution is 2.10. The topological polar surface area (TPSA) is 6.48 Å². The van der Waals surface area contributed by atoms with Crippen molar-refractivity contribution in [3.63, 3.8) is 0 Å². The standard InChI is InChI=1S/C22H48N2.3C3H8.2C2H6/c1-5-9-10-11-12-13-14-15-16-17-20-23(8-4)21-22-24(18-6-2)19-7-3;3*1-3-2;2*1-2/h5-22H2,1-4H3;3*3H2,1-2H3;2*1-2H3. The summed E-state index contributed by atoms with van der Waals surface area (Å²) in [6.07, 6.45) is 20.7. The third-order valence-corrected chi connectivity index (χ3v) is 5.09. The summed E-state index contributed by atoms with van der Waals surface area (Å²) in [5.41, 5.74) is 0. The molecule has 0 aromatic carbocycles. The smallest absolute Gasteiger partial charge is 0.0109 e. The van der Waals surface area contributed by atoms with Gasteiger partial charge < -0.3 is 9.80 Å². The summed E-state index contributed by atoms with van der Waals surface area (Å²) in [5, 5.41) is 0. The fourth-order valence-corrected chi connectivity index (χ4v) is 3.50. The molecule has 234 valence electrons. The van der Waals surface area contributed by atoms with Gasteiger partial charge in [-0.05, 0) is 45.4 Å². The first-order chi connectivity index (χ1) is 18.0. The Bertz CT molecular complexity index is 257. The summed E-state index contributed by atoms with van der Waals surface area (Å²) in [5.74, 6) is 0. The molecular weight excluding hydrogens is 448 g/mol. The zero-order valence-corrected chi connectivity index (χ0v) is 29.7. The van der Waals surface area contributed by atoms with Gasteiger partial charge in [0.05, 0.1) is 0 Å². The van der Waals surface area contributed by atoms with Crippen LogP contribution in [0.3, 0.4) is 0 Å². The largest absolute Gasteiger partial charge is 0.302 e. The molecule has 0 unspecified atom stereocenters. The molecule has 0 aromatic rings. The highest BCUT2D eigenvalue weighted by Gasteiger charge is 2.06. The molecule has 37 heavy (non-hydrogen) atoms. The number of rotatable bonds is 19. The highest BCUT2D eigenvalue weighted by molar-refractivity contribution is 4.62. The van der Waals surface area contributed by atoms with Crippen LogP contribution in [0, 0.1) is 0 Å². The molecule has 0 amide bonds. The van der Waals surface area contributed by atoms with E-state index in [4.69, 9.17) is 0 Å². The Kier molecular flexibility index (Phi) is 81.4. The zero-order valence-electron chi connectivity index (χ0n) is 29.7. The average molecular weight is 533 g/mol. The Hall–Kier alpha value is -0.0800. The molecule has 0 spiro atoms. The van der Waals surface area contributed by atoms with Crippen LogP contribution in [0.4, 0.5) is 0 Å². The molecule has 0 saturated carbocycles. The van der Waals surface area contributed by atoms with Gasteiger partial charge in [0.25, 0.3) is 0 Å². The van der Waals surface area contributed by atoms with Crippen LogP contribution >= 0.6 is 0 Å². The van der Waals surface area contributed by atoms with Gasteiger partial charge in [-0.15, -0.1) is 0 Å².